The highest BCUT2D eigenvalue weighted by atomic mass is 35.5. The van der Waals surface area contributed by atoms with Gasteiger partial charge in [-0.2, -0.15) is 0 Å². The van der Waals surface area contributed by atoms with Gasteiger partial charge in [-0.05, 0) is 73.2 Å². The van der Waals surface area contributed by atoms with E-state index in [1.807, 2.05) is 18.2 Å². The van der Waals surface area contributed by atoms with Crippen LogP contribution in [0.3, 0.4) is 0 Å². The number of hydrogen-bond donors (Lipinski definition) is 3. The number of piperidine rings is 2. The molecule has 1 spiro atoms. The Morgan fingerprint density at radius 2 is 1.89 bits per heavy atom. The Morgan fingerprint density at radius 1 is 1.16 bits per heavy atom. The standard InChI is InChI=1S/C28H32ClF2N3O3/c29-20-2-3-23-24(13-20)32-17-28(23)7-10-33(16-26(28)36)15-25(35)19-5-8-34(9-6-19)27(37)4-1-18-11-21(30)14-22(31)12-18/h1-4,11-14,19,25-26,32,35-36H,5-10,15-17H2/b4-1+. The van der Waals surface area contributed by atoms with E-state index in [9.17, 15) is 23.8 Å². The second-order valence-corrected chi connectivity index (χ2v) is 10.9. The lowest BCUT2D eigenvalue weighted by atomic mass is 9.72. The van der Waals surface area contributed by atoms with Crippen molar-refractivity contribution in [2.24, 2.45) is 5.92 Å². The Balaban J connectivity index is 1.11. The predicted octanol–water partition coefficient (Wildman–Crippen LogP) is 3.66. The van der Waals surface area contributed by atoms with Crippen molar-refractivity contribution in [2.45, 2.75) is 36.9 Å². The molecule has 3 aliphatic rings. The van der Waals surface area contributed by atoms with Gasteiger partial charge in [0.05, 0.1) is 12.2 Å². The van der Waals surface area contributed by atoms with Crippen LogP contribution in [-0.4, -0.2) is 77.4 Å². The number of carbonyl (C=O) groups is 1. The molecule has 0 aliphatic carbocycles. The number of nitrogens with zero attached hydrogens (tertiary/aromatic N) is 2. The summed E-state index contributed by atoms with van der Waals surface area (Å²) in [7, 11) is 0. The summed E-state index contributed by atoms with van der Waals surface area (Å²) in [5.74, 6) is -1.52. The van der Waals surface area contributed by atoms with Gasteiger partial charge < -0.3 is 20.4 Å². The van der Waals surface area contributed by atoms with Gasteiger partial charge in [0.1, 0.15) is 11.6 Å². The number of rotatable bonds is 5. The van der Waals surface area contributed by atoms with Crippen molar-refractivity contribution < 1.29 is 23.8 Å². The van der Waals surface area contributed by atoms with Gasteiger partial charge in [0.15, 0.2) is 0 Å². The summed E-state index contributed by atoms with van der Waals surface area (Å²) in [5, 5.41) is 26.2. The summed E-state index contributed by atoms with van der Waals surface area (Å²) >= 11 is 6.13. The molecule has 198 valence electrons. The molecule has 3 heterocycles. The first-order chi connectivity index (χ1) is 17.7. The summed E-state index contributed by atoms with van der Waals surface area (Å²) in [6, 6.07) is 8.92. The molecule has 3 atom stereocenters. The second-order valence-electron chi connectivity index (χ2n) is 10.5. The topological polar surface area (TPSA) is 76.0 Å². The van der Waals surface area contributed by atoms with Crippen molar-refractivity contribution in [3.8, 4) is 0 Å². The van der Waals surface area contributed by atoms with Gasteiger partial charge in [-0.25, -0.2) is 8.78 Å². The summed E-state index contributed by atoms with van der Waals surface area (Å²) in [5.41, 5.74) is 2.05. The molecule has 6 nitrogen and oxygen atoms in total. The molecule has 0 radical (unpaired) electrons. The van der Waals surface area contributed by atoms with E-state index in [4.69, 9.17) is 11.6 Å². The summed E-state index contributed by atoms with van der Waals surface area (Å²) < 4.78 is 26.7. The van der Waals surface area contributed by atoms with Crippen LogP contribution in [0.1, 0.15) is 30.4 Å². The van der Waals surface area contributed by atoms with Gasteiger partial charge in [-0.15, -0.1) is 0 Å². The molecule has 37 heavy (non-hydrogen) atoms. The molecule has 0 bridgehead atoms. The number of aliphatic hydroxyl groups is 2. The minimum absolute atomic E-state index is 0.0642. The Morgan fingerprint density at radius 3 is 2.59 bits per heavy atom. The van der Waals surface area contributed by atoms with Gasteiger partial charge >= 0.3 is 0 Å². The quantitative estimate of drug-likeness (QED) is 0.513. The minimum Gasteiger partial charge on any atom is -0.392 e. The number of amides is 1. The fraction of sp³-hybridized carbons (Fsp3) is 0.464. The normalized spacial score (nSPS) is 25.4. The van der Waals surface area contributed by atoms with Crippen LogP contribution in [0.15, 0.2) is 42.5 Å². The van der Waals surface area contributed by atoms with Crippen LogP contribution in [0.2, 0.25) is 5.02 Å². The molecule has 9 heteroatoms. The number of carbonyl (C=O) groups excluding carboxylic acids is 1. The molecule has 2 aromatic rings. The van der Waals surface area contributed by atoms with Crippen molar-refractivity contribution in [3.63, 3.8) is 0 Å². The molecule has 3 aliphatic heterocycles. The molecule has 3 N–H and O–H groups in total. The van der Waals surface area contributed by atoms with E-state index in [1.54, 1.807) is 4.90 Å². The third-order valence-electron chi connectivity index (χ3n) is 8.20. The fourth-order valence-corrected chi connectivity index (χ4v) is 6.20. The average molecular weight is 532 g/mol. The smallest absolute Gasteiger partial charge is 0.246 e. The summed E-state index contributed by atoms with van der Waals surface area (Å²) in [4.78, 5) is 16.4. The number of anilines is 1. The lowest BCUT2D eigenvalue weighted by Gasteiger charge is -2.44. The lowest BCUT2D eigenvalue weighted by Crippen LogP contribution is -2.56. The van der Waals surface area contributed by atoms with Crippen molar-refractivity contribution in [1.82, 2.24) is 9.80 Å². The third kappa shape index (κ3) is 5.53. The zero-order valence-electron chi connectivity index (χ0n) is 20.5. The molecule has 3 unspecified atom stereocenters. The first kappa shape index (κ1) is 26.1. The molecule has 2 fully saturated rings. The number of benzene rings is 2. The third-order valence-corrected chi connectivity index (χ3v) is 8.43. The SMILES string of the molecule is O=C(/C=C/c1cc(F)cc(F)c1)N1CCC(C(O)CN2CCC3(CNc4cc(Cl)ccc43)C(O)C2)CC1. The number of aliphatic hydroxyl groups excluding tert-OH is 2. The summed E-state index contributed by atoms with van der Waals surface area (Å²) in [6.45, 7) is 3.45. The van der Waals surface area contributed by atoms with Crippen LogP contribution < -0.4 is 5.32 Å². The first-order valence-electron chi connectivity index (χ1n) is 12.8. The predicted molar refractivity (Wildman–Crippen MR) is 139 cm³/mol. The highest BCUT2D eigenvalue weighted by Crippen LogP contribution is 2.45. The molecule has 1 amide bonds. The van der Waals surface area contributed by atoms with Gasteiger partial charge in [0, 0.05) is 61.0 Å². The van der Waals surface area contributed by atoms with Gasteiger partial charge in [-0.3, -0.25) is 9.69 Å². The van der Waals surface area contributed by atoms with E-state index < -0.39 is 23.8 Å². The Labute approximate surface area is 220 Å². The molecular weight excluding hydrogens is 500 g/mol. The largest absolute Gasteiger partial charge is 0.392 e. The number of hydrogen-bond acceptors (Lipinski definition) is 5. The number of β-amino-alcohol motifs (C(OH)–C–C–N with tert-alkyl or cyclic N) is 2. The van der Waals surface area contributed by atoms with E-state index in [-0.39, 0.29) is 17.2 Å². The minimum atomic E-state index is -0.687. The van der Waals surface area contributed by atoms with Crippen molar-refractivity contribution in [2.75, 3.05) is 44.6 Å². The number of fused-ring (bicyclic) bond motifs is 2. The Hall–Kier alpha value is -2.52. The number of nitrogens with one attached hydrogen (secondary N) is 1. The molecule has 0 aromatic heterocycles. The van der Waals surface area contributed by atoms with Gasteiger partial charge in [0.2, 0.25) is 5.91 Å². The second kappa shape index (κ2) is 10.7. The number of halogens is 3. The van der Waals surface area contributed by atoms with Gasteiger partial charge in [-0.1, -0.05) is 17.7 Å². The number of likely N-dealkylation sites (tertiary alicyclic amines) is 2. The van der Waals surface area contributed by atoms with E-state index >= 15 is 0 Å². The van der Waals surface area contributed by atoms with E-state index in [2.05, 4.69) is 10.2 Å². The molecule has 2 aromatic carbocycles. The van der Waals surface area contributed by atoms with E-state index in [1.165, 1.54) is 24.3 Å². The van der Waals surface area contributed by atoms with Crippen LogP contribution in [0.4, 0.5) is 14.5 Å². The molecular formula is C28H32ClF2N3O3. The van der Waals surface area contributed by atoms with Crippen LogP contribution in [0.5, 0.6) is 0 Å². The monoisotopic (exact) mass is 531 g/mol. The van der Waals surface area contributed by atoms with E-state index in [0.717, 1.165) is 30.3 Å². The molecule has 5 rings (SSSR count). The Bertz CT molecular complexity index is 1170. The molecule has 2 saturated heterocycles. The highest BCUT2D eigenvalue weighted by molar-refractivity contribution is 6.30. The van der Waals surface area contributed by atoms with Crippen LogP contribution in [0.25, 0.3) is 6.08 Å². The maximum absolute atomic E-state index is 13.3. The maximum Gasteiger partial charge on any atom is 0.246 e. The zero-order valence-corrected chi connectivity index (χ0v) is 21.3. The summed E-state index contributed by atoms with van der Waals surface area (Å²) in [6.07, 6.45) is 3.79. The van der Waals surface area contributed by atoms with Crippen LogP contribution >= 0.6 is 11.6 Å². The highest BCUT2D eigenvalue weighted by Gasteiger charge is 2.48. The van der Waals surface area contributed by atoms with Crippen LogP contribution in [-0.2, 0) is 10.2 Å². The van der Waals surface area contributed by atoms with E-state index in [0.29, 0.717) is 56.2 Å². The van der Waals surface area contributed by atoms with Crippen LogP contribution in [0, 0.1) is 17.6 Å². The average Bonchev–Trinajstić information content (AvgIpc) is 3.23. The van der Waals surface area contributed by atoms with Gasteiger partial charge in [0.25, 0.3) is 0 Å². The van der Waals surface area contributed by atoms with Crippen molar-refractivity contribution in [3.05, 3.63) is 70.3 Å². The zero-order chi connectivity index (χ0) is 26.2. The Kier molecular flexibility index (Phi) is 7.54. The first-order valence-corrected chi connectivity index (χ1v) is 13.2. The fourth-order valence-electron chi connectivity index (χ4n) is 6.03. The molecule has 0 saturated carbocycles. The maximum atomic E-state index is 13.3. The van der Waals surface area contributed by atoms with Crippen molar-refractivity contribution >= 4 is 29.3 Å². The van der Waals surface area contributed by atoms with Crippen molar-refractivity contribution in [1.29, 1.82) is 0 Å². The lowest BCUT2D eigenvalue weighted by molar-refractivity contribution is -0.128.